The Morgan fingerprint density at radius 1 is 1.14 bits per heavy atom. The van der Waals surface area contributed by atoms with Gasteiger partial charge in [-0.25, -0.2) is 0 Å². The maximum atomic E-state index is 12.8. The Kier molecular flexibility index (Phi) is 3.74. The number of hydrogen-bond donors (Lipinski definition) is 0. The van der Waals surface area contributed by atoms with E-state index < -0.39 is 21.9 Å². The van der Waals surface area contributed by atoms with Gasteiger partial charge in [0.25, 0.3) is 0 Å². The highest BCUT2D eigenvalue weighted by Gasteiger charge is 2.33. The summed E-state index contributed by atoms with van der Waals surface area (Å²) < 4.78 is 36.2. The van der Waals surface area contributed by atoms with Crippen LogP contribution in [0.25, 0.3) is 5.69 Å². The van der Waals surface area contributed by atoms with Crippen molar-refractivity contribution in [2.45, 2.75) is 6.42 Å². The van der Waals surface area contributed by atoms with Crippen LogP contribution in [0.3, 0.4) is 0 Å². The van der Waals surface area contributed by atoms with Crippen molar-refractivity contribution in [3.8, 4) is 5.69 Å². The van der Waals surface area contributed by atoms with Gasteiger partial charge in [0.2, 0.25) is 5.91 Å². The average Bonchev–Trinajstić information content (AvgIpc) is 3.07. The van der Waals surface area contributed by atoms with Gasteiger partial charge < -0.3 is 9.47 Å². The number of carbonyl (C=O) groups excluding carboxylic acids is 1. The molecule has 0 N–H and O–H groups in total. The molecule has 2 heterocycles. The van der Waals surface area contributed by atoms with Gasteiger partial charge in [0.05, 0.1) is 5.75 Å². The van der Waals surface area contributed by atoms with Crippen molar-refractivity contribution in [1.29, 1.82) is 0 Å². The molecule has 0 bridgehead atoms. The number of amides is 1. The third-order valence-electron chi connectivity index (χ3n) is 3.68. The van der Waals surface area contributed by atoms with Crippen molar-refractivity contribution < 1.29 is 17.1 Å². The first-order chi connectivity index (χ1) is 10.4. The molecule has 1 aliphatic rings. The number of halogens is 1. The number of hydrogen-bond acceptors (Lipinski definition) is 3. The van der Waals surface area contributed by atoms with Crippen LogP contribution in [-0.2, 0) is 15.0 Å². The molecule has 1 unspecified atom stereocenters. The number of rotatable bonds is 4. The van der Waals surface area contributed by atoms with Crippen LogP contribution in [0.15, 0.2) is 48.8 Å². The van der Waals surface area contributed by atoms with E-state index in [4.69, 9.17) is 0 Å². The smallest absolute Gasteiger partial charge is 0.302 e. The zero-order valence-corrected chi connectivity index (χ0v) is 12.5. The molecule has 22 heavy (non-hydrogen) atoms. The van der Waals surface area contributed by atoms with Gasteiger partial charge in [0.15, 0.2) is 0 Å². The van der Waals surface area contributed by atoms with Gasteiger partial charge in [-0.2, -0.15) is 8.42 Å². The Balaban J connectivity index is 1.83. The molecular formula is C15H15FN2O3S. The number of anilines is 1. The minimum absolute atomic E-state index is 0.0525. The van der Waals surface area contributed by atoms with Crippen LogP contribution in [0.5, 0.6) is 0 Å². The van der Waals surface area contributed by atoms with Crippen LogP contribution < -0.4 is 4.90 Å². The Morgan fingerprint density at radius 3 is 2.50 bits per heavy atom. The van der Waals surface area contributed by atoms with E-state index in [1.165, 1.54) is 4.90 Å². The summed E-state index contributed by atoms with van der Waals surface area (Å²) in [6.45, 7) is 0.219. The van der Waals surface area contributed by atoms with Gasteiger partial charge in [-0.1, -0.05) is 6.07 Å². The predicted molar refractivity (Wildman–Crippen MR) is 81.1 cm³/mol. The third kappa shape index (κ3) is 3.19. The molecule has 1 amide bonds. The highest BCUT2D eigenvalue weighted by Crippen LogP contribution is 2.27. The molecule has 0 spiro atoms. The molecule has 0 saturated carbocycles. The summed E-state index contributed by atoms with van der Waals surface area (Å²) in [5.41, 5.74) is 1.59. The quantitative estimate of drug-likeness (QED) is 0.810. The number of aromatic nitrogens is 1. The minimum Gasteiger partial charge on any atom is -0.324 e. The lowest BCUT2D eigenvalue weighted by Crippen LogP contribution is -2.25. The molecule has 2 aromatic rings. The third-order valence-corrected chi connectivity index (χ3v) is 4.55. The van der Waals surface area contributed by atoms with E-state index in [2.05, 4.69) is 0 Å². The summed E-state index contributed by atoms with van der Waals surface area (Å²) in [5, 5.41) is 0. The monoisotopic (exact) mass is 322 g/mol. The predicted octanol–water partition coefficient (Wildman–Crippen LogP) is 2.13. The number of nitrogens with zero attached hydrogens (tertiary/aromatic N) is 2. The Labute approximate surface area is 128 Å². The maximum absolute atomic E-state index is 12.8. The molecule has 0 radical (unpaired) electrons. The molecule has 1 atom stereocenters. The molecule has 0 aliphatic carbocycles. The zero-order chi connectivity index (χ0) is 15.7. The molecule has 1 aromatic carbocycles. The summed E-state index contributed by atoms with van der Waals surface area (Å²) >= 11 is 0. The molecule has 1 aromatic heterocycles. The van der Waals surface area contributed by atoms with Crippen molar-refractivity contribution in [1.82, 2.24) is 4.57 Å². The van der Waals surface area contributed by atoms with Crippen molar-refractivity contribution in [3.63, 3.8) is 0 Å². The number of benzene rings is 1. The lowest BCUT2D eigenvalue weighted by Gasteiger charge is -2.17. The van der Waals surface area contributed by atoms with Gasteiger partial charge in [0.1, 0.15) is 0 Å². The lowest BCUT2D eigenvalue weighted by molar-refractivity contribution is -0.117. The van der Waals surface area contributed by atoms with Crippen molar-refractivity contribution in [2.75, 3.05) is 17.2 Å². The van der Waals surface area contributed by atoms with Gasteiger partial charge in [-0.15, -0.1) is 3.89 Å². The Hall–Kier alpha value is -2.15. The van der Waals surface area contributed by atoms with E-state index in [1.807, 2.05) is 47.3 Å². The fourth-order valence-corrected chi connectivity index (χ4v) is 3.54. The normalized spacial score (nSPS) is 18.9. The summed E-state index contributed by atoms with van der Waals surface area (Å²) in [4.78, 5) is 13.6. The van der Waals surface area contributed by atoms with Gasteiger partial charge in [-0.05, 0) is 30.3 Å². The molecule has 116 valence electrons. The SMILES string of the molecule is O=C1CC(CS(=O)(=O)F)CN1c1cccc(-n2cccc2)c1. The largest absolute Gasteiger partial charge is 0.324 e. The zero-order valence-electron chi connectivity index (χ0n) is 11.7. The van der Waals surface area contributed by atoms with E-state index in [-0.39, 0.29) is 18.9 Å². The van der Waals surface area contributed by atoms with Crippen LogP contribution in [0.2, 0.25) is 0 Å². The van der Waals surface area contributed by atoms with E-state index in [0.29, 0.717) is 5.69 Å². The summed E-state index contributed by atoms with van der Waals surface area (Å²) in [7, 11) is -4.56. The van der Waals surface area contributed by atoms with Gasteiger partial charge in [-0.3, -0.25) is 4.79 Å². The highest BCUT2D eigenvalue weighted by atomic mass is 32.3. The summed E-state index contributed by atoms with van der Waals surface area (Å²) in [6, 6.07) is 11.2. The summed E-state index contributed by atoms with van der Waals surface area (Å²) in [6.07, 6.45) is 3.84. The molecule has 5 nitrogen and oxygen atoms in total. The number of carbonyl (C=O) groups is 1. The fourth-order valence-electron chi connectivity index (χ4n) is 2.75. The lowest BCUT2D eigenvalue weighted by atomic mass is 10.1. The molecule has 1 saturated heterocycles. The first kappa shape index (κ1) is 14.8. The van der Waals surface area contributed by atoms with Crippen LogP contribution in [-0.4, -0.2) is 31.2 Å². The van der Waals surface area contributed by atoms with Crippen molar-refractivity contribution >= 4 is 21.8 Å². The van der Waals surface area contributed by atoms with Crippen molar-refractivity contribution in [3.05, 3.63) is 48.8 Å². The molecular weight excluding hydrogens is 307 g/mol. The average molecular weight is 322 g/mol. The Bertz CT molecular complexity index is 787. The van der Waals surface area contributed by atoms with Crippen molar-refractivity contribution in [2.24, 2.45) is 5.92 Å². The first-order valence-electron chi connectivity index (χ1n) is 6.88. The standard InChI is InChI=1S/C15H15FN2O3S/c16-22(20,21)11-12-8-15(19)18(10-12)14-5-3-4-13(9-14)17-6-1-2-7-17/h1-7,9,12H,8,10-11H2. The van der Waals surface area contributed by atoms with E-state index >= 15 is 0 Å². The molecule has 1 aliphatic heterocycles. The minimum atomic E-state index is -4.56. The van der Waals surface area contributed by atoms with E-state index in [9.17, 15) is 17.1 Å². The van der Waals surface area contributed by atoms with Crippen LogP contribution >= 0.6 is 0 Å². The van der Waals surface area contributed by atoms with Crippen LogP contribution in [0.4, 0.5) is 9.57 Å². The molecule has 7 heteroatoms. The second-order valence-corrected chi connectivity index (χ2v) is 6.80. The second kappa shape index (κ2) is 5.57. The van der Waals surface area contributed by atoms with E-state index in [0.717, 1.165) is 5.69 Å². The summed E-state index contributed by atoms with van der Waals surface area (Å²) in [5.74, 6) is -1.29. The first-order valence-corrected chi connectivity index (χ1v) is 8.44. The second-order valence-electron chi connectivity index (χ2n) is 5.39. The fraction of sp³-hybridized carbons (Fsp3) is 0.267. The highest BCUT2D eigenvalue weighted by molar-refractivity contribution is 7.86. The van der Waals surface area contributed by atoms with Gasteiger partial charge in [0, 0.05) is 42.7 Å². The van der Waals surface area contributed by atoms with Crippen LogP contribution in [0, 0.1) is 5.92 Å². The Morgan fingerprint density at radius 2 is 1.82 bits per heavy atom. The molecule has 1 fully saturated rings. The maximum Gasteiger partial charge on any atom is 0.302 e. The van der Waals surface area contributed by atoms with E-state index in [1.54, 1.807) is 6.07 Å². The van der Waals surface area contributed by atoms with Gasteiger partial charge >= 0.3 is 10.2 Å². The topological polar surface area (TPSA) is 59.4 Å². The molecule has 3 rings (SSSR count). The van der Waals surface area contributed by atoms with Crippen LogP contribution in [0.1, 0.15) is 6.42 Å².